The van der Waals surface area contributed by atoms with Gasteiger partial charge in [0.1, 0.15) is 5.75 Å². The summed E-state index contributed by atoms with van der Waals surface area (Å²) in [6.07, 6.45) is 1.92. The quantitative estimate of drug-likeness (QED) is 0.805. The highest BCUT2D eigenvalue weighted by molar-refractivity contribution is 7.88. The molecule has 0 amide bonds. The highest BCUT2D eigenvalue weighted by Crippen LogP contribution is 2.39. The lowest BCUT2D eigenvalue weighted by Gasteiger charge is -2.27. The van der Waals surface area contributed by atoms with Gasteiger partial charge in [-0.15, -0.1) is 0 Å². The molecule has 1 heterocycles. The summed E-state index contributed by atoms with van der Waals surface area (Å²) >= 11 is 12.1. The van der Waals surface area contributed by atoms with Crippen molar-refractivity contribution >= 4 is 33.2 Å². The number of halogens is 2. The second-order valence-electron chi connectivity index (χ2n) is 4.62. The molecule has 1 aromatic carbocycles. The molecule has 1 atom stereocenters. The Hall–Kier alpha value is -0.530. The van der Waals surface area contributed by atoms with Crippen LogP contribution in [0, 0.1) is 0 Å². The van der Waals surface area contributed by atoms with Gasteiger partial charge in [0.2, 0.25) is 10.0 Å². The van der Waals surface area contributed by atoms with E-state index in [-0.39, 0.29) is 6.04 Å². The smallest absolute Gasteiger partial charge is 0.208 e. The fourth-order valence-corrected chi connectivity index (χ4v) is 3.16. The van der Waals surface area contributed by atoms with Crippen LogP contribution in [0.15, 0.2) is 12.1 Å². The monoisotopic (exact) mass is 338 g/mol. The van der Waals surface area contributed by atoms with Gasteiger partial charge < -0.3 is 10.1 Å². The molecule has 0 bridgehead atoms. The van der Waals surface area contributed by atoms with Crippen LogP contribution in [-0.4, -0.2) is 34.4 Å². The third-order valence-corrected chi connectivity index (χ3v) is 4.17. The van der Waals surface area contributed by atoms with Crippen molar-refractivity contribution in [1.82, 2.24) is 10.0 Å². The molecule has 0 fully saturated rings. The predicted molar refractivity (Wildman–Crippen MR) is 80.2 cm³/mol. The van der Waals surface area contributed by atoms with E-state index in [1.807, 2.05) is 6.07 Å². The van der Waals surface area contributed by atoms with E-state index in [4.69, 9.17) is 27.9 Å². The van der Waals surface area contributed by atoms with Gasteiger partial charge in [-0.25, -0.2) is 13.1 Å². The Morgan fingerprint density at radius 3 is 2.80 bits per heavy atom. The Balaban J connectivity index is 2.02. The van der Waals surface area contributed by atoms with Crippen LogP contribution in [0.25, 0.3) is 0 Å². The Bertz CT molecular complexity index is 593. The van der Waals surface area contributed by atoms with Crippen molar-refractivity contribution in [3.63, 3.8) is 0 Å². The van der Waals surface area contributed by atoms with Crippen LogP contribution >= 0.6 is 23.2 Å². The van der Waals surface area contributed by atoms with E-state index >= 15 is 0 Å². The first-order valence-corrected chi connectivity index (χ1v) is 8.81. The molecule has 8 heteroatoms. The van der Waals surface area contributed by atoms with Crippen molar-refractivity contribution in [1.29, 1.82) is 0 Å². The lowest BCUT2D eigenvalue weighted by molar-refractivity contribution is 0.253. The lowest BCUT2D eigenvalue weighted by Crippen LogP contribution is -2.34. The van der Waals surface area contributed by atoms with Gasteiger partial charge in [-0.1, -0.05) is 23.2 Å². The van der Waals surface area contributed by atoms with Crippen molar-refractivity contribution in [2.45, 2.75) is 12.5 Å². The van der Waals surface area contributed by atoms with E-state index < -0.39 is 10.0 Å². The van der Waals surface area contributed by atoms with Crippen molar-refractivity contribution < 1.29 is 13.2 Å². The van der Waals surface area contributed by atoms with Crippen LogP contribution in [0.1, 0.15) is 18.0 Å². The number of benzene rings is 1. The van der Waals surface area contributed by atoms with Gasteiger partial charge in [-0.05, 0) is 12.1 Å². The van der Waals surface area contributed by atoms with Gasteiger partial charge in [0, 0.05) is 36.1 Å². The molecule has 0 aromatic heterocycles. The Kier molecular flexibility index (Phi) is 5.14. The topological polar surface area (TPSA) is 67.4 Å². The Morgan fingerprint density at radius 1 is 1.35 bits per heavy atom. The highest BCUT2D eigenvalue weighted by atomic mass is 35.5. The molecular formula is C12H16Cl2N2O3S. The minimum absolute atomic E-state index is 0.0521. The van der Waals surface area contributed by atoms with E-state index in [1.165, 1.54) is 0 Å². The molecule has 1 unspecified atom stereocenters. The number of sulfonamides is 1. The van der Waals surface area contributed by atoms with Crippen molar-refractivity contribution in [3.8, 4) is 5.75 Å². The summed E-state index contributed by atoms with van der Waals surface area (Å²) in [5.41, 5.74) is 0.910. The van der Waals surface area contributed by atoms with E-state index in [1.54, 1.807) is 6.07 Å². The molecule has 2 N–H and O–H groups in total. The van der Waals surface area contributed by atoms with Crippen LogP contribution in [-0.2, 0) is 10.0 Å². The molecule has 112 valence electrons. The number of fused-ring (bicyclic) bond motifs is 1. The van der Waals surface area contributed by atoms with Crippen LogP contribution in [0.4, 0.5) is 0 Å². The summed E-state index contributed by atoms with van der Waals surface area (Å²) in [6.45, 7) is 1.41. The zero-order valence-corrected chi connectivity index (χ0v) is 13.3. The molecule has 0 saturated carbocycles. The van der Waals surface area contributed by atoms with Gasteiger partial charge >= 0.3 is 0 Å². The van der Waals surface area contributed by atoms with Gasteiger partial charge in [-0.3, -0.25) is 0 Å². The summed E-state index contributed by atoms with van der Waals surface area (Å²) in [7, 11) is -3.16. The SMILES string of the molecule is CS(=O)(=O)NCCNC1CCOc2c(Cl)cc(Cl)cc21. The second-order valence-corrected chi connectivity index (χ2v) is 7.29. The molecule has 1 aliphatic heterocycles. The first-order chi connectivity index (χ1) is 9.37. The molecule has 1 aliphatic rings. The van der Waals surface area contributed by atoms with Gasteiger partial charge in [0.15, 0.2) is 0 Å². The summed E-state index contributed by atoms with van der Waals surface area (Å²) in [4.78, 5) is 0. The van der Waals surface area contributed by atoms with Crippen LogP contribution in [0.5, 0.6) is 5.75 Å². The number of hydrogen-bond acceptors (Lipinski definition) is 4. The fourth-order valence-electron chi connectivity index (χ4n) is 2.12. The van der Waals surface area contributed by atoms with Crippen LogP contribution in [0.3, 0.4) is 0 Å². The number of nitrogens with one attached hydrogen (secondary N) is 2. The Labute approximate surface area is 128 Å². The molecule has 2 rings (SSSR count). The normalized spacial score (nSPS) is 18.4. The average molecular weight is 339 g/mol. The summed E-state index contributed by atoms with van der Waals surface area (Å²) in [5, 5.41) is 4.33. The third-order valence-electron chi connectivity index (χ3n) is 2.95. The predicted octanol–water partition coefficient (Wildman–Crippen LogP) is 1.96. The van der Waals surface area contributed by atoms with E-state index in [0.29, 0.717) is 35.5 Å². The zero-order valence-electron chi connectivity index (χ0n) is 10.9. The summed E-state index contributed by atoms with van der Waals surface area (Å²) < 4.78 is 29.9. The van der Waals surface area contributed by atoms with Crippen molar-refractivity contribution in [2.24, 2.45) is 0 Å². The van der Waals surface area contributed by atoms with E-state index in [9.17, 15) is 8.42 Å². The number of rotatable bonds is 5. The maximum atomic E-state index is 11.0. The number of ether oxygens (including phenoxy) is 1. The molecule has 20 heavy (non-hydrogen) atoms. The maximum absolute atomic E-state index is 11.0. The summed E-state index contributed by atoms with van der Waals surface area (Å²) in [5.74, 6) is 0.649. The molecule has 0 saturated heterocycles. The maximum Gasteiger partial charge on any atom is 0.208 e. The van der Waals surface area contributed by atoms with Crippen molar-refractivity contribution in [2.75, 3.05) is 26.0 Å². The minimum Gasteiger partial charge on any atom is -0.492 e. The molecular weight excluding hydrogens is 323 g/mol. The fraction of sp³-hybridized carbons (Fsp3) is 0.500. The minimum atomic E-state index is -3.16. The molecule has 5 nitrogen and oxygen atoms in total. The molecule has 0 radical (unpaired) electrons. The molecule has 0 spiro atoms. The van der Waals surface area contributed by atoms with Gasteiger partial charge in [-0.2, -0.15) is 0 Å². The third kappa shape index (κ3) is 4.23. The summed E-state index contributed by atoms with van der Waals surface area (Å²) in [6, 6.07) is 3.52. The molecule has 0 aliphatic carbocycles. The van der Waals surface area contributed by atoms with E-state index in [2.05, 4.69) is 10.0 Å². The van der Waals surface area contributed by atoms with Gasteiger partial charge in [0.25, 0.3) is 0 Å². The molecule has 1 aromatic rings. The first-order valence-electron chi connectivity index (χ1n) is 6.16. The largest absolute Gasteiger partial charge is 0.492 e. The lowest BCUT2D eigenvalue weighted by atomic mass is 10.0. The van der Waals surface area contributed by atoms with Gasteiger partial charge in [0.05, 0.1) is 17.9 Å². The standard InChI is InChI=1S/C12H16Cl2N2O3S/c1-20(17,18)16-4-3-15-11-2-5-19-12-9(11)6-8(13)7-10(12)14/h6-7,11,15-16H,2-5H2,1H3. The highest BCUT2D eigenvalue weighted by Gasteiger charge is 2.23. The van der Waals surface area contributed by atoms with Crippen LogP contribution in [0.2, 0.25) is 10.0 Å². The van der Waals surface area contributed by atoms with Crippen molar-refractivity contribution in [3.05, 3.63) is 27.7 Å². The van der Waals surface area contributed by atoms with Crippen LogP contribution < -0.4 is 14.8 Å². The van der Waals surface area contributed by atoms with E-state index in [0.717, 1.165) is 18.2 Å². The zero-order chi connectivity index (χ0) is 14.8. The second kappa shape index (κ2) is 6.49. The Morgan fingerprint density at radius 2 is 2.10 bits per heavy atom. The average Bonchev–Trinajstić information content (AvgIpc) is 2.34. The first kappa shape index (κ1) is 15.9. The number of hydrogen-bond donors (Lipinski definition) is 2.